The zero-order chi connectivity index (χ0) is 13.8. The second-order valence-electron chi connectivity index (χ2n) is 5.02. The summed E-state index contributed by atoms with van der Waals surface area (Å²) in [5.74, 6) is 2.06. The van der Waals surface area contributed by atoms with Gasteiger partial charge in [-0.05, 0) is 12.8 Å². The molecule has 20 heavy (non-hydrogen) atoms. The molecular formula is C13H19N5OS. The molecule has 0 amide bonds. The van der Waals surface area contributed by atoms with Gasteiger partial charge in [0, 0.05) is 24.5 Å². The molecule has 0 spiro atoms. The van der Waals surface area contributed by atoms with Crippen molar-refractivity contribution in [2.45, 2.75) is 43.2 Å². The fraction of sp³-hybridized carbons (Fsp3) is 0.615. The third-order valence-electron chi connectivity index (χ3n) is 3.46. The molecule has 0 atom stereocenters. The molecule has 3 rings (SSSR count). The average Bonchev–Trinajstić information content (AvgIpc) is 3.18. The Kier molecular flexibility index (Phi) is 4.37. The van der Waals surface area contributed by atoms with E-state index in [1.165, 1.54) is 25.7 Å². The van der Waals surface area contributed by atoms with Gasteiger partial charge in [0.05, 0.1) is 12.1 Å². The van der Waals surface area contributed by atoms with Crippen LogP contribution in [0.4, 0.5) is 0 Å². The van der Waals surface area contributed by atoms with Gasteiger partial charge in [-0.25, -0.2) is 4.98 Å². The zero-order valence-electron chi connectivity index (χ0n) is 11.4. The van der Waals surface area contributed by atoms with Crippen LogP contribution in [0.1, 0.15) is 31.5 Å². The molecule has 108 valence electrons. The van der Waals surface area contributed by atoms with Gasteiger partial charge >= 0.3 is 0 Å². The van der Waals surface area contributed by atoms with Gasteiger partial charge in [0.2, 0.25) is 0 Å². The maximum absolute atomic E-state index is 5.51. The molecule has 1 saturated carbocycles. The lowest BCUT2D eigenvalue weighted by molar-refractivity contribution is 0.424. The Bertz CT molecular complexity index is 546. The topological polar surface area (TPSA) is 82.8 Å². The lowest BCUT2D eigenvalue weighted by Gasteiger charge is -2.04. The summed E-state index contributed by atoms with van der Waals surface area (Å²) in [5.41, 5.74) is 6.22. The molecule has 2 aromatic heterocycles. The highest BCUT2D eigenvalue weighted by molar-refractivity contribution is 7.99. The molecule has 0 aliphatic heterocycles. The van der Waals surface area contributed by atoms with Gasteiger partial charge in [0.15, 0.2) is 5.82 Å². The number of hydrogen-bond donors (Lipinski definition) is 1. The predicted molar refractivity (Wildman–Crippen MR) is 78.1 cm³/mol. The van der Waals surface area contributed by atoms with Crippen molar-refractivity contribution in [3.8, 4) is 11.6 Å². The Hall–Kier alpha value is -1.34. The van der Waals surface area contributed by atoms with E-state index in [1.54, 1.807) is 6.33 Å². The molecule has 0 aromatic carbocycles. The maximum Gasteiger partial charge on any atom is 0.278 e. The van der Waals surface area contributed by atoms with Crippen molar-refractivity contribution in [2.24, 2.45) is 5.73 Å². The fourth-order valence-electron chi connectivity index (χ4n) is 2.41. The van der Waals surface area contributed by atoms with Crippen LogP contribution in [0, 0.1) is 0 Å². The molecule has 2 N–H and O–H groups in total. The standard InChI is InChI=1S/C13H19N5OS/c14-5-6-18-7-11(15-9-18)13-16-12(17-19-13)8-20-10-3-1-2-4-10/h7,9-10H,1-6,8,14H2. The van der Waals surface area contributed by atoms with Crippen LogP contribution in [0.25, 0.3) is 11.6 Å². The highest BCUT2D eigenvalue weighted by Gasteiger charge is 2.17. The van der Waals surface area contributed by atoms with Gasteiger partial charge in [0.1, 0.15) is 5.69 Å². The molecule has 1 fully saturated rings. The molecule has 0 unspecified atom stereocenters. The van der Waals surface area contributed by atoms with Crippen molar-refractivity contribution in [3.63, 3.8) is 0 Å². The van der Waals surface area contributed by atoms with Crippen molar-refractivity contribution in [2.75, 3.05) is 6.54 Å². The van der Waals surface area contributed by atoms with E-state index in [-0.39, 0.29) is 0 Å². The fourth-order valence-corrected chi connectivity index (χ4v) is 3.57. The van der Waals surface area contributed by atoms with Crippen molar-refractivity contribution in [1.29, 1.82) is 0 Å². The van der Waals surface area contributed by atoms with Crippen LogP contribution in [0.2, 0.25) is 0 Å². The van der Waals surface area contributed by atoms with E-state index in [1.807, 2.05) is 22.5 Å². The van der Waals surface area contributed by atoms with Gasteiger partial charge in [-0.15, -0.1) is 0 Å². The first-order valence-corrected chi connectivity index (χ1v) is 8.06. The largest absolute Gasteiger partial charge is 0.335 e. The van der Waals surface area contributed by atoms with E-state index >= 15 is 0 Å². The van der Waals surface area contributed by atoms with Crippen LogP contribution in [-0.4, -0.2) is 31.5 Å². The summed E-state index contributed by atoms with van der Waals surface area (Å²) in [6.45, 7) is 1.33. The van der Waals surface area contributed by atoms with Crippen molar-refractivity contribution in [3.05, 3.63) is 18.3 Å². The number of nitrogens with two attached hydrogens (primary N) is 1. The quantitative estimate of drug-likeness (QED) is 0.878. The van der Waals surface area contributed by atoms with Gasteiger partial charge < -0.3 is 14.8 Å². The summed E-state index contributed by atoms with van der Waals surface area (Å²) < 4.78 is 7.20. The Morgan fingerprint density at radius 2 is 2.25 bits per heavy atom. The van der Waals surface area contributed by atoms with Crippen LogP contribution in [0.15, 0.2) is 17.0 Å². The SMILES string of the molecule is NCCn1cnc(-c2nc(CSC3CCCC3)no2)c1. The lowest BCUT2D eigenvalue weighted by atomic mass is 10.4. The lowest BCUT2D eigenvalue weighted by Crippen LogP contribution is -2.07. The van der Waals surface area contributed by atoms with Crippen LogP contribution < -0.4 is 5.73 Å². The number of rotatable bonds is 6. The van der Waals surface area contributed by atoms with E-state index in [4.69, 9.17) is 10.3 Å². The summed E-state index contributed by atoms with van der Waals surface area (Å²) in [6, 6.07) is 0. The van der Waals surface area contributed by atoms with Crippen LogP contribution in [-0.2, 0) is 12.3 Å². The smallest absolute Gasteiger partial charge is 0.278 e. The minimum absolute atomic E-state index is 0.489. The first kappa shape index (κ1) is 13.6. The highest BCUT2D eigenvalue weighted by atomic mass is 32.2. The summed E-state index contributed by atoms with van der Waals surface area (Å²) in [5, 5.41) is 4.79. The zero-order valence-corrected chi connectivity index (χ0v) is 12.2. The van der Waals surface area contributed by atoms with Crippen LogP contribution in [0.5, 0.6) is 0 Å². The highest BCUT2D eigenvalue weighted by Crippen LogP contribution is 2.31. The van der Waals surface area contributed by atoms with E-state index in [9.17, 15) is 0 Å². The van der Waals surface area contributed by atoms with E-state index in [0.717, 1.165) is 23.4 Å². The molecule has 0 radical (unpaired) electrons. The molecule has 2 heterocycles. The maximum atomic E-state index is 5.51. The Morgan fingerprint density at radius 3 is 3.05 bits per heavy atom. The molecule has 1 aliphatic rings. The Morgan fingerprint density at radius 1 is 1.40 bits per heavy atom. The first-order valence-electron chi connectivity index (χ1n) is 7.01. The number of hydrogen-bond acceptors (Lipinski definition) is 6. The third kappa shape index (κ3) is 3.21. The summed E-state index contributed by atoms with van der Waals surface area (Å²) in [7, 11) is 0. The van der Waals surface area contributed by atoms with E-state index in [0.29, 0.717) is 18.1 Å². The molecule has 1 aliphatic carbocycles. The number of imidazole rings is 1. The summed E-state index contributed by atoms with van der Waals surface area (Å²) >= 11 is 1.93. The average molecular weight is 293 g/mol. The number of aromatic nitrogens is 4. The molecule has 0 saturated heterocycles. The first-order chi connectivity index (χ1) is 9.85. The van der Waals surface area contributed by atoms with E-state index < -0.39 is 0 Å². The second kappa shape index (κ2) is 6.41. The van der Waals surface area contributed by atoms with Crippen molar-refractivity contribution >= 4 is 11.8 Å². The predicted octanol–water partition coefficient (Wildman–Crippen LogP) is 2.07. The molecular weight excluding hydrogens is 274 g/mol. The minimum atomic E-state index is 0.489. The van der Waals surface area contributed by atoms with Crippen LogP contribution >= 0.6 is 11.8 Å². The summed E-state index contributed by atoms with van der Waals surface area (Å²) in [4.78, 5) is 8.67. The third-order valence-corrected chi connectivity index (χ3v) is 4.83. The van der Waals surface area contributed by atoms with Gasteiger partial charge in [0.25, 0.3) is 5.89 Å². The number of nitrogens with zero attached hydrogens (tertiary/aromatic N) is 4. The number of thioether (sulfide) groups is 1. The van der Waals surface area contributed by atoms with Crippen molar-refractivity contribution < 1.29 is 4.52 Å². The van der Waals surface area contributed by atoms with Crippen molar-refractivity contribution in [1.82, 2.24) is 19.7 Å². The van der Waals surface area contributed by atoms with E-state index in [2.05, 4.69) is 15.1 Å². The minimum Gasteiger partial charge on any atom is -0.335 e. The Balaban J connectivity index is 1.60. The molecule has 6 nitrogen and oxygen atoms in total. The van der Waals surface area contributed by atoms with Gasteiger partial charge in [-0.1, -0.05) is 18.0 Å². The second-order valence-corrected chi connectivity index (χ2v) is 6.31. The summed E-state index contributed by atoms with van der Waals surface area (Å²) in [6.07, 6.45) is 8.97. The van der Waals surface area contributed by atoms with Gasteiger partial charge in [-0.3, -0.25) is 0 Å². The molecule has 2 aromatic rings. The van der Waals surface area contributed by atoms with Crippen LogP contribution in [0.3, 0.4) is 0 Å². The van der Waals surface area contributed by atoms with Gasteiger partial charge in [-0.2, -0.15) is 16.7 Å². The Labute approximate surface area is 122 Å². The normalized spacial score (nSPS) is 16.1. The molecule has 7 heteroatoms. The monoisotopic (exact) mass is 293 g/mol. The molecule has 0 bridgehead atoms.